The number of thiocarbonyl (C=S) groups is 1. The molecule has 1 atom stereocenters. The van der Waals surface area contributed by atoms with E-state index in [1.807, 2.05) is 0 Å². The van der Waals surface area contributed by atoms with E-state index in [-0.39, 0.29) is 0 Å². The molecule has 0 saturated carbocycles. The number of ether oxygens (including phenoxy) is 1. The van der Waals surface area contributed by atoms with E-state index < -0.39 is 0 Å². The standard InChI is InChI=1S/C15H25N3OS/c1-5-8-10(4)9-19-15-13(14(16)20)11(6-2)12(7-3)17-18-15/h10H,5-9H2,1-4H3,(H2,16,20). The zero-order valence-electron chi connectivity index (χ0n) is 12.9. The first-order valence-corrected chi connectivity index (χ1v) is 7.76. The van der Waals surface area contributed by atoms with Crippen molar-refractivity contribution in [2.45, 2.75) is 53.4 Å². The molecule has 1 heterocycles. The molecule has 0 bridgehead atoms. The van der Waals surface area contributed by atoms with Gasteiger partial charge in [0.2, 0.25) is 5.88 Å². The lowest BCUT2D eigenvalue weighted by Crippen LogP contribution is -2.20. The maximum atomic E-state index is 5.86. The number of nitrogens with two attached hydrogens (primary N) is 1. The van der Waals surface area contributed by atoms with Gasteiger partial charge < -0.3 is 10.5 Å². The Kier molecular flexibility index (Phi) is 6.85. The first-order chi connectivity index (χ1) is 9.54. The van der Waals surface area contributed by atoms with E-state index in [0.717, 1.165) is 42.5 Å². The van der Waals surface area contributed by atoms with Gasteiger partial charge in [0.05, 0.1) is 17.9 Å². The van der Waals surface area contributed by atoms with Crippen molar-refractivity contribution in [3.8, 4) is 5.88 Å². The fourth-order valence-electron chi connectivity index (χ4n) is 2.31. The van der Waals surface area contributed by atoms with Gasteiger partial charge in [-0.05, 0) is 30.7 Å². The van der Waals surface area contributed by atoms with E-state index in [1.54, 1.807) is 0 Å². The van der Waals surface area contributed by atoms with E-state index in [2.05, 4.69) is 37.9 Å². The summed E-state index contributed by atoms with van der Waals surface area (Å²) in [7, 11) is 0. The third kappa shape index (κ3) is 4.13. The third-order valence-corrected chi connectivity index (χ3v) is 3.55. The first kappa shape index (κ1) is 16.8. The van der Waals surface area contributed by atoms with E-state index >= 15 is 0 Å². The van der Waals surface area contributed by atoms with Crippen molar-refractivity contribution < 1.29 is 4.74 Å². The average Bonchev–Trinajstić information content (AvgIpc) is 2.43. The molecular formula is C15H25N3OS. The second-order valence-corrected chi connectivity index (χ2v) is 5.52. The van der Waals surface area contributed by atoms with Crippen molar-refractivity contribution in [1.29, 1.82) is 0 Å². The van der Waals surface area contributed by atoms with Crippen LogP contribution in [0.1, 0.15) is 57.4 Å². The van der Waals surface area contributed by atoms with Crippen LogP contribution in [0.4, 0.5) is 0 Å². The van der Waals surface area contributed by atoms with Gasteiger partial charge in [-0.2, -0.15) is 5.10 Å². The molecule has 20 heavy (non-hydrogen) atoms. The lowest BCUT2D eigenvalue weighted by atomic mass is 10.0. The van der Waals surface area contributed by atoms with Gasteiger partial charge in [0.1, 0.15) is 4.99 Å². The second kappa shape index (κ2) is 8.15. The van der Waals surface area contributed by atoms with Crippen LogP contribution in [0.2, 0.25) is 0 Å². The molecule has 1 unspecified atom stereocenters. The van der Waals surface area contributed by atoms with Crippen molar-refractivity contribution in [3.63, 3.8) is 0 Å². The summed E-state index contributed by atoms with van der Waals surface area (Å²) >= 11 is 5.17. The summed E-state index contributed by atoms with van der Waals surface area (Å²) < 4.78 is 5.81. The summed E-state index contributed by atoms with van der Waals surface area (Å²) in [6.45, 7) is 9.07. The number of rotatable bonds is 8. The fraction of sp³-hybridized carbons (Fsp3) is 0.667. The summed E-state index contributed by atoms with van der Waals surface area (Å²) in [5, 5.41) is 8.42. The largest absolute Gasteiger partial charge is 0.476 e. The molecule has 0 saturated heterocycles. The summed E-state index contributed by atoms with van der Waals surface area (Å²) in [4.78, 5) is 0.338. The van der Waals surface area contributed by atoms with Gasteiger partial charge in [0.15, 0.2) is 0 Å². The Morgan fingerprint density at radius 1 is 1.25 bits per heavy atom. The van der Waals surface area contributed by atoms with Crippen LogP contribution in [0.5, 0.6) is 5.88 Å². The molecule has 2 N–H and O–H groups in total. The highest BCUT2D eigenvalue weighted by Crippen LogP contribution is 2.23. The maximum Gasteiger partial charge on any atom is 0.244 e. The van der Waals surface area contributed by atoms with Crippen LogP contribution in [0.3, 0.4) is 0 Å². The minimum Gasteiger partial charge on any atom is -0.476 e. The van der Waals surface area contributed by atoms with Crippen LogP contribution < -0.4 is 10.5 Å². The molecule has 112 valence electrons. The molecule has 0 aliphatic heterocycles. The molecule has 0 aliphatic carbocycles. The number of aromatic nitrogens is 2. The van der Waals surface area contributed by atoms with Gasteiger partial charge in [-0.25, -0.2) is 0 Å². The number of aryl methyl sites for hydroxylation is 1. The summed E-state index contributed by atoms with van der Waals surface area (Å²) in [6, 6.07) is 0. The average molecular weight is 295 g/mol. The van der Waals surface area contributed by atoms with E-state index in [9.17, 15) is 0 Å². The lowest BCUT2D eigenvalue weighted by Gasteiger charge is -2.16. The SMILES string of the molecule is CCCC(C)COc1nnc(CC)c(CC)c1C(N)=S. The summed E-state index contributed by atoms with van der Waals surface area (Å²) in [5.74, 6) is 0.964. The Labute approximate surface area is 127 Å². The Morgan fingerprint density at radius 3 is 2.45 bits per heavy atom. The molecule has 1 aromatic heterocycles. The van der Waals surface area contributed by atoms with Gasteiger partial charge in [-0.15, -0.1) is 5.10 Å². The Morgan fingerprint density at radius 2 is 1.95 bits per heavy atom. The zero-order valence-corrected chi connectivity index (χ0v) is 13.7. The number of nitrogens with zero attached hydrogens (tertiary/aromatic N) is 2. The third-order valence-electron chi connectivity index (χ3n) is 3.35. The quantitative estimate of drug-likeness (QED) is 0.747. The van der Waals surface area contributed by atoms with Crippen LogP contribution in [-0.2, 0) is 12.8 Å². The highest BCUT2D eigenvalue weighted by Gasteiger charge is 2.18. The van der Waals surface area contributed by atoms with Gasteiger partial charge >= 0.3 is 0 Å². The first-order valence-electron chi connectivity index (χ1n) is 7.36. The van der Waals surface area contributed by atoms with E-state index in [4.69, 9.17) is 22.7 Å². The van der Waals surface area contributed by atoms with Crippen LogP contribution in [0, 0.1) is 5.92 Å². The van der Waals surface area contributed by atoms with Gasteiger partial charge in [0.25, 0.3) is 0 Å². The van der Waals surface area contributed by atoms with Crippen LogP contribution in [0.15, 0.2) is 0 Å². The lowest BCUT2D eigenvalue weighted by molar-refractivity contribution is 0.240. The number of hydrogen-bond acceptors (Lipinski definition) is 4. The maximum absolute atomic E-state index is 5.86. The van der Waals surface area contributed by atoms with Crippen LogP contribution in [0.25, 0.3) is 0 Å². The molecule has 1 rings (SSSR count). The molecule has 0 radical (unpaired) electrons. The number of hydrogen-bond donors (Lipinski definition) is 1. The Balaban J connectivity index is 3.04. The summed E-state index contributed by atoms with van der Waals surface area (Å²) in [5.41, 5.74) is 8.64. The van der Waals surface area contributed by atoms with Crippen molar-refractivity contribution in [3.05, 3.63) is 16.8 Å². The predicted octanol–water partition coefficient (Wildman–Crippen LogP) is 3.05. The molecule has 0 spiro atoms. The summed E-state index contributed by atoms with van der Waals surface area (Å²) in [6.07, 6.45) is 3.92. The predicted molar refractivity (Wildman–Crippen MR) is 86.2 cm³/mol. The molecule has 0 aromatic carbocycles. The molecule has 0 fully saturated rings. The van der Waals surface area contributed by atoms with Crippen molar-refractivity contribution >= 4 is 17.2 Å². The van der Waals surface area contributed by atoms with Crippen molar-refractivity contribution in [2.75, 3.05) is 6.61 Å². The smallest absolute Gasteiger partial charge is 0.244 e. The van der Waals surface area contributed by atoms with Crippen molar-refractivity contribution in [1.82, 2.24) is 10.2 Å². The highest BCUT2D eigenvalue weighted by molar-refractivity contribution is 7.80. The molecule has 1 aromatic rings. The highest BCUT2D eigenvalue weighted by atomic mass is 32.1. The normalized spacial score (nSPS) is 12.2. The molecular weight excluding hydrogens is 270 g/mol. The molecule has 0 aliphatic rings. The minimum atomic E-state index is 0.338. The molecule has 0 amide bonds. The van der Waals surface area contributed by atoms with E-state index in [1.165, 1.54) is 0 Å². The zero-order chi connectivity index (χ0) is 15.1. The van der Waals surface area contributed by atoms with Crippen molar-refractivity contribution in [2.24, 2.45) is 11.7 Å². The molecule has 5 heteroatoms. The van der Waals surface area contributed by atoms with Crippen LogP contribution >= 0.6 is 12.2 Å². The Bertz CT molecular complexity index is 463. The molecule has 4 nitrogen and oxygen atoms in total. The van der Waals surface area contributed by atoms with Gasteiger partial charge in [0, 0.05) is 0 Å². The second-order valence-electron chi connectivity index (χ2n) is 5.08. The Hall–Kier alpha value is -1.23. The minimum absolute atomic E-state index is 0.338. The van der Waals surface area contributed by atoms with Crippen LogP contribution in [-0.4, -0.2) is 21.8 Å². The fourth-order valence-corrected chi connectivity index (χ4v) is 2.52. The van der Waals surface area contributed by atoms with Gasteiger partial charge in [-0.3, -0.25) is 0 Å². The topological polar surface area (TPSA) is 61.0 Å². The monoisotopic (exact) mass is 295 g/mol. The van der Waals surface area contributed by atoms with E-state index in [0.29, 0.717) is 23.4 Å². The van der Waals surface area contributed by atoms with Gasteiger partial charge in [-0.1, -0.05) is 46.3 Å².